The van der Waals surface area contributed by atoms with Gasteiger partial charge in [0, 0.05) is 17.8 Å². The van der Waals surface area contributed by atoms with E-state index in [-0.39, 0.29) is 30.4 Å². The molecule has 6 nitrogen and oxygen atoms in total. The third-order valence-electron chi connectivity index (χ3n) is 6.91. The molecule has 0 spiro atoms. The Morgan fingerprint density at radius 1 is 0.892 bits per heavy atom. The normalized spacial score (nSPS) is 14.2. The van der Waals surface area contributed by atoms with Crippen LogP contribution in [-0.4, -0.2) is 41.0 Å². The molecular formula is C31H31N3O3. The fourth-order valence-corrected chi connectivity index (χ4v) is 4.94. The fraction of sp³-hybridized carbons (Fsp3) is 0.226. The Bertz CT molecular complexity index is 1420. The van der Waals surface area contributed by atoms with Crippen molar-refractivity contribution in [1.82, 2.24) is 9.47 Å². The van der Waals surface area contributed by atoms with Crippen LogP contribution in [0.3, 0.4) is 0 Å². The Labute approximate surface area is 217 Å². The number of anilines is 1. The molecule has 3 aromatic carbocycles. The lowest BCUT2D eigenvalue weighted by atomic mass is 9.97. The molecule has 0 bridgehead atoms. The summed E-state index contributed by atoms with van der Waals surface area (Å²) in [5.41, 5.74) is 5.47. The van der Waals surface area contributed by atoms with Gasteiger partial charge in [0.15, 0.2) is 0 Å². The lowest BCUT2D eigenvalue weighted by molar-refractivity contribution is -0.120. The van der Waals surface area contributed by atoms with E-state index < -0.39 is 0 Å². The first kappa shape index (κ1) is 24.4. The van der Waals surface area contributed by atoms with Gasteiger partial charge in [-0.2, -0.15) is 0 Å². The van der Waals surface area contributed by atoms with Crippen molar-refractivity contribution in [1.29, 1.82) is 0 Å². The topological polar surface area (TPSA) is 54.8 Å². The Balaban J connectivity index is 1.54. The minimum absolute atomic E-state index is 0.0417. The molecule has 2 amide bonds. The first-order chi connectivity index (χ1) is 17.9. The molecule has 1 unspecified atom stereocenters. The molecule has 0 aliphatic carbocycles. The number of carbonyl (C=O) groups excluding carboxylic acids is 2. The van der Waals surface area contributed by atoms with Gasteiger partial charge < -0.3 is 14.2 Å². The van der Waals surface area contributed by atoms with Gasteiger partial charge >= 0.3 is 0 Å². The van der Waals surface area contributed by atoms with Crippen LogP contribution < -0.4 is 9.64 Å². The number of hydrogen-bond donors (Lipinski definition) is 0. The van der Waals surface area contributed by atoms with Crippen LogP contribution in [0.2, 0.25) is 0 Å². The number of aryl methyl sites for hydroxylation is 1. The standard InChI is InChI=1S/C31H31N3O3/c1-21(2)33(31(36)24-15-17-25(37-4)18-16-24)20-29(35)34-27-9-6-5-8-26(27)32-19-7-10-28(32)30(34)23-13-11-22(3)12-14-23/h5-19,21,30H,20H2,1-4H3. The summed E-state index contributed by atoms with van der Waals surface area (Å²) in [5, 5.41) is 0. The van der Waals surface area contributed by atoms with E-state index in [1.807, 2.05) is 55.3 Å². The van der Waals surface area contributed by atoms with Gasteiger partial charge in [0.2, 0.25) is 5.91 Å². The number of ether oxygens (including phenoxy) is 1. The molecule has 2 heterocycles. The van der Waals surface area contributed by atoms with Crippen molar-refractivity contribution in [2.45, 2.75) is 32.9 Å². The zero-order chi connectivity index (χ0) is 26.1. The smallest absolute Gasteiger partial charge is 0.254 e. The molecule has 5 rings (SSSR count). The van der Waals surface area contributed by atoms with E-state index >= 15 is 0 Å². The monoisotopic (exact) mass is 493 g/mol. The van der Waals surface area contributed by atoms with Crippen LogP contribution in [0.1, 0.15) is 47.1 Å². The predicted octanol–water partition coefficient (Wildman–Crippen LogP) is 5.78. The van der Waals surface area contributed by atoms with Gasteiger partial charge in [0.25, 0.3) is 5.91 Å². The Kier molecular flexibility index (Phi) is 6.57. The van der Waals surface area contributed by atoms with Crippen molar-refractivity contribution >= 4 is 17.5 Å². The van der Waals surface area contributed by atoms with Crippen LogP contribution in [0.5, 0.6) is 5.75 Å². The molecule has 1 atom stereocenters. The zero-order valence-electron chi connectivity index (χ0n) is 21.6. The minimum Gasteiger partial charge on any atom is -0.497 e. The van der Waals surface area contributed by atoms with Crippen LogP contribution >= 0.6 is 0 Å². The predicted molar refractivity (Wildman–Crippen MR) is 145 cm³/mol. The van der Waals surface area contributed by atoms with E-state index in [1.54, 1.807) is 36.3 Å². The lowest BCUT2D eigenvalue weighted by Gasteiger charge is -2.40. The molecule has 0 saturated carbocycles. The van der Waals surface area contributed by atoms with Crippen LogP contribution in [0.15, 0.2) is 91.1 Å². The molecule has 6 heteroatoms. The van der Waals surface area contributed by atoms with E-state index in [0.29, 0.717) is 11.3 Å². The van der Waals surface area contributed by atoms with Crippen LogP contribution in [0, 0.1) is 6.92 Å². The van der Waals surface area contributed by atoms with Gasteiger partial charge in [-0.15, -0.1) is 0 Å². The highest BCUT2D eigenvalue weighted by atomic mass is 16.5. The van der Waals surface area contributed by atoms with Crippen molar-refractivity contribution < 1.29 is 14.3 Å². The number of methoxy groups -OCH3 is 1. The fourth-order valence-electron chi connectivity index (χ4n) is 4.94. The summed E-state index contributed by atoms with van der Waals surface area (Å²) in [6.07, 6.45) is 2.03. The Morgan fingerprint density at radius 3 is 2.22 bits per heavy atom. The van der Waals surface area contributed by atoms with E-state index in [4.69, 9.17) is 4.74 Å². The molecule has 0 saturated heterocycles. The summed E-state index contributed by atoms with van der Waals surface area (Å²) in [6.45, 7) is 5.87. The van der Waals surface area contributed by atoms with Crippen LogP contribution in [0.25, 0.3) is 5.69 Å². The molecule has 1 aromatic heterocycles. The van der Waals surface area contributed by atoms with Gasteiger partial charge in [-0.25, -0.2) is 0 Å². The number of carbonyl (C=O) groups is 2. The molecule has 0 fully saturated rings. The number of para-hydroxylation sites is 2. The van der Waals surface area contributed by atoms with Gasteiger partial charge in [-0.05, 0) is 74.9 Å². The molecule has 1 aliphatic rings. The third kappa shape index (κ3) is 4.51. The average Bonchev–Trinajstić information content (AvgIpc) is 3.41. The maximum atomic E-state index is 14.2. The van der Waals surface area contributed by atoms with E-state index in [1.165, 1.54) is 0 Å². The summed E-state index contributed by atoms with van der Waals surface area (Å²) in [4.78, 5) is 31.2. The molecule has 37 heavy (non-hydrogen) atoms. The summed E-state index contributed by atoms with van der Waals surface area (Å²) < 4.78 is 7.37. The van der Waals surface area contributed by atoms with Gasteiger partial charge in [0.05, 0.1) is 24.2 Å². The molecule has 0 radical (unpaired) electrons. The molecular weight excluding hydrogens is 462 g/mol. The molecule has 188 valence electrons. The lowest BCUT2D eigenvalue weighted by Crippen LogP contribution is -2.48. The Hall–Kier alpha value is -4.32. The van der Waals surface area contributed by atoms with Crippen molar-refractivity contribution in [2.24, 2.45) is 0 Å². The van der Waals surface area contributed by atoms with Crippen LogP contribution in [0.4, 0.5) is 5.69 Å². The maximum absolute atomic E-state index is 14.2. The second-order valence-electron chi connectivity index (χ2n) is 9.62. The first-order valence-corrected chi connectivity index (χ1v) is 12.5. The van der Waals surface area contributed by atoms with Crippen molar-refractivity contribution in [3.05, 3.63) is 114 Å². The highest BCUT2D eigenvalue weighted by Crippen LogP contribution is 2.42. The second-order valence-corrected chi connectivity index (χ2v) is 9.62. The van der Waals surface area contributed by atoms with Crippen LogP contribution in [-0.2, 0) is 4.79 Å². The largest absolute Gasteiger partial charge is 0.497 e. The average molecular weight is 494 g/mol. The summed E-state index contributed by atoms with van der Waals surface area (Å²) >= 11 is 0. The van der Waals surface area contributed by atoms with E-state index in [9.17, 15) is 9.59 Å². The zero-order valence-corrected chi connectivity index (χ0v) is 21.6. The van der Waals surface area contributed by atoms with Crippen molar-refractivity contribution in [2.75, 3.05) is 18.6 Å². The summed E-state index contributed by atoms with van der Waals surface area (Å²) in [7, 11) is 1.59. The van der Waals surface area contributed by atoms with E-state index in [2.05, 4.69) is 41.8 Å². The van der Waals surface area contributed by atoms with Gasteiger partial charge in [-0.1, -0.05) is 42.0 Å². The van der Waals surface area contributed by atoms with Gasteiger partial charge in [-0.3, -0.25) is 14.5 Å². The minimum atomic E-state index is -0.317. The van der Waals surface area contributed by atoms with Crippen molar-refractivity contribution in [3.8, 4) is 11.4 Å². The summed E-state index contributed by atoms with van der Waals surface area (Å²) in [6, 6.07) is 26.8. The van der Waals surface area contributed by atoms with Crippen molar-refractivity contribution in [3.63, 3.8) is 0 Å². The first-order valence-electron chi connectivity index (χ1n) is 12.5. The number of fused-ring (bicyclic) bond motifs is 3. The third-order valence-corrected chi connectivity index (χ3v) is 6.91. The van der Waals surface area contributed by atoms with E-state index in [0.717, 1.165) is 28.2 Å². The number of benzene rings is 3. The number of hydrogen-bond acceptors (Lipinski definition) is 3. The molecule has 1 aliphatic heterocycles. The maximum Gasteiger partial charge on any atom is 0.254 e. The SMILES string of the molecule is COc1ccc(C(=O)N(CC(=O)N2c3ccccc3-n3cccc3C2c2ccc(C)cc2)C(C)C)cc1. The number of nitrogens with zero attached hydrogens (tertiary/aromatic N) is 3. The molecule has 0 N–H and O–H groups in total. The molecule has 4 aromatic rings. The van der Waals surface area contributed by atoms with Gasteiger partial charge in [0.1, 0.15) is 18.3 Å². The number of aromatic nitrogens is 1. The Morgan fingerprint density at radius 2 is 1.57 bits per heavy atom. The number of rotatable bonds is 6. The summed E-state index contributed by atoms with van der Waals surface area (Å²) in [5.74, 6) is 0.352. The number of amides is 2. The quantitative estimate of drug-likeness (QED) is 0.342. The second kappa shape index (κ2) is 9.97. The highest BCUT2D eigenvalue weighted by molar-refractivity contribution is 6.02. The highest BCUT2D eigenvalue weighted by Gasteiger charge is 2.37.